The molecule has 0 saturated carbocycles. The largest absolute Gasteiger partial charge is 0.368 e. The molecule has 0 unspecified atom stereocenters. The highest BCUT2D eigenvalue weighted by Gasteiger charge is 2.03. The van der Waals surface area contributed by atoms with E-state index >= 15 is 0 Å². The second-order valence-electron chi connectivity index (χ2n) is 3.76. The summed E-state index contributed by atoms with van der Waals surface area (Å²) in [6.45, 7) is 2.70. The van der Waals surface area contributed by atoms with Gasteiger partial charge in [0.05, 0.1) is 6.20 Å². The minimum Gasteiger partial charge on any atom is -0.368 e. The van der Waals surface area contributed by atoms with Gasteiger partial charge in [0.25, 0.3) is 0 Å². The molecule has 1 aromatic carbocycles. The van der Waals surface area contributed by atoms with Crippen LogP contribution in [0.1, 0.15) is 11.1 Å². The first-order valence-electron chi connectivity index (χ1n) is 5.22. The molecule has 0 aliphatic heterocycles. The third-order valence-electron chi connectivity index (χ3n) is 2.34. The van der Waals surface area contributed by atoms with Crippen LogP contribution in [0.15, 0.2) is 30.5 Å². The Morgan fingerprint density at radius 1 is 1.29 bits per heavy atom. The van der Waals surface area contributed by atoms with E-state index in [1.165, 1.54) is 11.8 Å². The predicted molar refractivity (Wildman–Crippen MR) is 70.0 cm³/mol. The highest BCUT2D eigenvalue weighted by atomic mass is 35.5. The van der Waals surface area contributed by atoms with Crippen LogP contribution in [0.4, 0.5) is 11.8 Å². The van der Waals surface area contributed by atoms with Crippen molar-refractivity contribution < 1.29 is 0 Å². The number of nitrogens with two attached hydrogens (primary N) is 1. The Balaban J connectivity index is 2.07. The highest BCUT2D eigenvalue weighted by molar-refractivity contribution is 6.32. The van der Waals surface area contributed by atoms with Crippen LogP contribution < -0.4 is 11.1 Å². The van der Waals surface area contributed by atoms with E-state index in [1.54, 1.807) is 0 Å². The van der Waals surface area contributed by atoms with Crippen molar-refractivity contribution in [3.05, 3.63) is 46.6 Å². The van der Waals surface area contributed by atoms with Gasteiger partial charge in [0.2, 0.25) is 5.95 Å². The maximum Gasteiger partial charge on any atom is 0.222 e. The molecule has 0 fully saturated rings. The number of hydrogen-bond acceptors (Lipinski definition) is 4. The molecule has 2 rings (SSSR count). The number of benzene rings is 1. The molecule has 2 aromatic rings. The van der Waals surface area contributed by atoms with Gasteiger partial charge in [-0.2, -0.15) is 4.98 Å². The maximum atomic E-state index is 5.94. The minimum absolute atomic E-state index is 0.209. The number of rotatable bonds is 3. The number of nitrogen functional groups attached to an aromatic ring is 1. The Bertz CT molecular complexity index is 510. The molecule has 88 valence electrons. The third kappa shape index (κ3) is 3.07. The van der Waals surface area contributed by atoms with Crippen LogP contribution in [0.3, 0.4) is 0 Å². The van der Waals surface area contributed by atoms with E-state index in [0.29, 0.717) is 17.4 Å². The first kappa shape index (κ1) is 11.7. The lowest BCUT2D eigenvalue weighted by atomic mass is 10.1. The molecule has 5 heteroatoms. The normalized spacial score (nSPS) is 10.2. The standard InChI is InChI=1S/C12H13ClN4/c1-8-2-4-9(5-3-8)6-15-11-10(13)7-16-12(14)17-11/h2-5,7H,6H2,1H3,(H3,14,15,16,17). The first-order chi connectivity index (χ1) is 8.15. The summed E-state index contributed by atoms with van der Waals surface area (Å²) in [5.74, 6) is 0.764. The number of anilines is 2. The molecule has 3 N–H and O–H groups in total. The smallest absolute Gasteiger partial charge is 0.222 e. The van der Waals surface area contributed by atoms with Crippen molar-refractivity contribution in [2.45, 2.75) is 13.5 Å². The summed E-state index contributed by atoms with van der Waals surface area (Å²) < 4.78 is 0. The van der Waals surface area contributed by atoms with Gasteiger partial charge < -0.3 is 11.1 Å². The zero-order valence-electron chi connectivity index (χ0n) is 9.44. The number of hydrogen-bond donors (Lipinski definition) is 2. The molecule has 1 heterocycles. The summed E-state index contributed by atoms with van der Waals surface area (Å²) in [6.07, 6.45) is 1.49. The fourth-order valence-electron chi connectivity index (χ4n) is 1.40. The maximum absolute atomic E-state index is 5.94. The van der Waals surface area contributed by atoms with Gasteiger partial charge in [-0.25, -0.2) is 4.98 Å². The Labute approximate surface area is 105 Å². The van der Waals surface area contributed by atoms with Crippen LogP contribution in [0.2, 0.25) is 5.02 Å². The van der Waals surface area contributed by atoms with Gasteiger partial charge >= 0.3 is 0 Å². The van der Waals surface area contributed by atoms with Gasteiger partial charge in [-0.1, -0.05) is 41.4 Å². The second-order valence-corrected chi connectivity index (χ2v) is 4.17. The molecule has 0 radical (unpaired) electrons. The zero-order chi connectivity index (χ0) is 12.3. The number of aromatic nitrogens is 2. The zero-order valence-corrected chi connectivity index (χ0v) is 10.2. The van der Waals surface area contributed by atoms with E-state index in [-0.39, 0.29) is 5.95 Å². The van der Waals surface area contributed by atoms with Crippen LogP contribution in [0.25, 0.3) is 0 Å². The van der Waals surface area contributed by atoms with Gasteiger partial charge in [-0.05, 0) is 12.5 Å². The Morgan fingerprint density at radius 2 is 2.00 bits per heavy atom. The van der Waals surface area contributed by atoms with E-state index in [9.17, 15) is 0 Å². The summed E-state index contributed by atoms with van der Waals surface area (Å²) in [6, 6.07) is 8.24. The van der Waals surface area contributed by atoms with Crippen molar-refractivity contribution in [3.8, 4) is 0 Å². The second kappa shape index (κ2) is 5.01. The minimum atomic E-state index is 0.209. The topological polar surface area (TPSA) is 63.8 Å². The Morgan fingerprint density at radius 3 is 2.71 bits per heavy atom. The quantitative estimate of drug-likeness (QED) is 0.877. The molecule has 4 nitrogen and oxygen atoms in total. The van der Waals surface area contributed by atoms with E-state index in [4.69, 9.17) is 17.3 Å². The lowest BCUT2D eigenvalue weighted by Gasteiger charge is -2.07. The van der Waals surface area contributed by atoms with Gasteiger partial charge in [0.15, 0.2) is 5.82 Å². The molecule has 0 aliphatic rings. The van der Waals surface area contributed by atoms with Gasteiger partial charge in [-0.15, -0.1) is 0 Å². The van der Waals surface area contributed by atoms with Crippen molar-refractivity contribution in [3.63, 3.8) is 0 Å². The molecular formula is C12H13ClN4. The van der Waals surface area contributed by atoms with Gasteiger partial charge in [0.1, 0.15) is 5.02 Å². The molecule has 0 bridgehead atoms. The monoisotopic (exact) mass is 248 g/mol. The number of nitrogens with zero attached hydrogens (tertiary/aromatic N) is 2. The Kier molecular flexibility index (Phi) is 3.44. The highest BCUT2D eigenvalue weighted by Crippen LogP contribution is 2.19. The average Bonchev–Trinajstić information content (AvgIpc) is 2.32. The van der Waals surface area contributed by atoms with E-state index in [1.807, 2.05) is 0 Å². The lowest BCUT2D eigenvalue weighted by Crippen LogP contribution is -2.04. The first-order valence-corrected chi connectivity index (χ1v) is 5.60. The van der Waals surface area contributed by atoms with Crippen LogP contribution in [0.5, 0.6) is 0 Å². The molecular weight excluding hydrogens is 236 g/mol. The molecule has 0 atom stereocenters. The van der Waals surface area contributed by atoms with Crippen molar-refractivity contribution in [1.82, 2.24) is 9.97 Å². The molecule has 1 aromatic heterocycles. The van der Waals surface area contributed by atoms with E-state index in [2.05, 4.69) is 46.5 Å². The predicted octanol–water partition coefficient (Wildman–Crippen LogP) is 2.63. The fraction of sp³-hybridized carbons (Fsp3) is 0.167. The van der Waals surface area contributed by atoms with Crippen molar-refractivity contribution >= 4 is 23.4 Å². The van der Waals surface area contributed by atoms with Crippen molar-refractivity contribution in [2.75, 3.05) is 11.1 Å². The molecule has 0 amide bonds. The van der Waals surface area contributed by atoms with E-state index < -0.39 is 0 Å². The summed E-state index contributed by atoms with van der Waals surface area (Å²) >= 11 is 5.94. The third-order valence-corrected chi connectivity index (χ3v) is 2.62. The Hall–Kier alpha value is -1.81. The van der Waals surface area contributed by atoms with Crippen molar-refractivity contribution in [2.24, 2.45) is 0 Å². The lowest BCUT2D eigenvalue weighted by molar-refractivity contribution is 1.09. The summed E-state index contributed by atoms with van der Waals surface area (Å²) in [5.41, 5.74) is 7.89. The number of nitrogens with one attached hydrogen (secondary N) is 1. The molecule has 17 heavy (non-hydrogen) atoms. The molecule has 0 saturated heterocycles. The number of aryl methyl sites for hydroxylation is 1. The fourth-order valence-corrected chi connectivity index (χ4v) is 1.55. The van der Waals surface area contributed by atoms with Gasteiger partial charge in [0, 0.05) is 6.54 Å². The van der Waals surface area contributed by atoms with Crippen LogP contribution in [-0.2, 0) is 6.54 Å². The van der Waals surface area contributed by atoms with Crippen molar-refractivity contribution in [1.29, 1.82) is 0 Å². The SMILES string of the molecule is Cc1ccc(CNc2nc(N)ncc2Cl)cc1. The van der Waals surface area contributed by atoms with E-state index in [0.717, 1.165) is 5.56 Å². The van der Waals surface area contributed by atoms with Crippen LogP contribution in [0, 0.1) is 6.92 Å². The molecule has 0 aliphatic carbocycles. The summed E-state index contributed by atoms with van der Waals surface area (Å²) in [5, 5.41) is 3.59. The van der Waals surface area contributed by atoms with Gasteiger partial charge in [-0.3, -0.25) is 0 Å². The summed E-state index contributed by atoms with van der Waals surface area (Å²) in [4.78, 5) is 7.83. The van der Waals surface area contributed by atoms with Crippen LogP contribution in [-0.4, -0.2) is 9.97 Å². The summed E-state index contributed by atoms with van der Waals surface area (Å²) in [7, 11) is 0. The van der Waals surface area contributed by atoms with Crippen LogP contribution >= 0.6 is 11.6 Å². The molecule has 0 spiro atoms. The number of halogens is 1. The average molecular weight is 249 g/mol.